The molecule has 0 heterocycles. The van der Waals surface area contributed by atoms with Gasteiger partial charge < -0.3 is 9.47 Å². The molecular weight excluding hydrogens is 567 g/mol. The summed E-state index contributed by atoms with van der Waals surface area (Å²) in [5.74, 6) is 0.583. The van der Waals surface area contributed by atoms with E-state index in [-0.39, 0.29) is 11.1 Å². The van der Waals surface area contributed by atoms with Crippen molar-refractivity contribution < 1.29 is 19.1 Å². The van der Waals surface area contributed by atoms with E-state index < -0.39 is 10.5 Å². The molecule has 4 nitrogen and oxygen atoms in total. The van der Waals surface area contributed by atoms with Crippen molar-refractivity contribution in [1.82, 2.24) is 0 Å². The minimum absolute atomic E-state index is 0.210. The van der Waals surface area contributed by atoms with Gasteiger partial charge in [0, 0.05) is 0 Å². The van der Waals surface area contributed by atoms with Crippen molar-refractivity contribution in [3.05, 3.63) is 23.3 Å². The first-order chi connectivity index (χ1) is 20.5. The molecule has 1 aromatic rings. The fraction of sp³-hybridized carbons (Fsp3) is 0.778. The molecule has 0 aliphatic carbocycles. The van der Waals surface area contributed by atoms with Crippen molar-refractivity contribution in [3.8, 4) is 11.5 Å². The predicted molar refractivity (Wildman–Crippen MR) is 180 cm³/mol. The molecule has 0 N–H and O–H groups in total. The third kappa shape index (κ3) is 19.8. The monoisotopic (exact) mass is 626 g/mol. The summed E-state index contributed by atoms with van der Waals surface area (Å²) in [5, 5.41) is -1.27. The molecule has 6 heteroatoms. The van der Waals surface area contributed by atoms with Crippen LogP contribution in [0.2, 0.25) is 0 Å². The van der Waals surface area contributed by atoms with Crippen molar-refractivity contribution in [2.75, 3.05) is 13.2 Å². The van der Waals surface area contributed by atoms with Crippen LogP contribution in [0.5, 0.6) is 11.5 Å². The number of carbonyl (C=O) groups is 2. The largest absolute Gasteiger partial charge is 0.493 e. The Morgan fingerprint density at radius 1 is 0.452 bits per heavy atom. The van der Waals surface area contributed by atoms with Crippen molar-refractivity contribution in [3.63, 3.8) is 0 Å². The van der Waals surface area contributed by atoms with Gasteiger partial charge in [0.2, 0.25) is 0 Å². The smallest absolute Gasteiger partial charge is 0.256 e. The first-order valence-electron chi connectivity index (χ1n) is 17.3. The maximum Gasteiger partial charge on any atom is 0.256 e. The number of halogens is 2. The second kappa shape index (κ2) is 27.3. The van der Waals surface area contributed by atoms with Gasteiger partial charge in [0.1, 0.15) is 11.5 Å². The van der Waals surface area contributed by atoms with E-state index >= 15 is 0 Å². The lowest BCUT2D eigenvalue weighted by Crippen LogP contribution is -2.07. The SMILES string of the molecule is CCCCCCCCCCCCCCOc1cc(C(=O)Cl)c(OCCCCCCCCCCCCCC)cc1C(=O)Cl. The van der Waals surface area contributed by atoms with Crippen LogP contribution in [-0.2, 0) is 0 Å². The maximum atomic E-state index is 12.1. The van der Waals surface area contributed by atoms with Crippen LogP contribution < -0.4 is 9.47 Å². The van der Waals surface area contributed by atoms with Crippen LogP contribution in [0.3, 0.4) is 0 Å². The van der Waals surface area contributed by atoms with E-state index in [2.05, 4.69) is 13.8 Å². The molecule has 0 unspecified atom stereocenters. The molecule has 0 amide bonds. The summed E-state index contributed by atoms with van der Waals surface area (Å²) in [6, 6.07) is 3.01. The van der Waals surface area contributed by atoms with Gasteiger partial charge in [0.25, 0.3) is 10.5 Å². The minimum atomic E-state index is -0.636. The van der Waals surface area contributed by atoms with Gasteiger partial charge in [0.15, 0.2) is 0 Å². The third-order valence-electron chi connectivity index (χ3n) is 8.02. The number of ether oxygens (including phenoxy) is 2. The molecular formula is C36H60Cl2O4. The van der Waals surface area contributed by atoms with Crippen LogP contribution in [0.25, 0.3) is 0 Å². The van der Waals surface area contributed by atoms with Crippen LogP contribution >= 0.6 is 23.2 Å². The Hall–Kier alpha value is -1.26. The Labute approximate surface area is 268 Å². The number of benzene rings is 1. The Balaban J connectivity index is 2.31. The quantitative estimate of drug-likeness (QED) is 0.0629. The van der Waals surface area contributed by atoms with Gasteiger partial charge >= 0.3 is 0 Å². The topological polar surface area (TPSA) is 52.6 Å². The van der Waals surface area contributed by atoms with Gasteiger partial charge in [-0.2, -0.15) is 0 Å². The number of hydrogen-bond acceptors (Lipinski definition) is 4. The maximum absolute atomic E-state index is 12.1. The van der Waals surface area contributed by atoms with Gasteiger partial charge in [-0.3, -0.25) is 9.59 Å². The van der Waals surface area contributed by atoms with Gasteiger partial charge in [-0.15, -0.1) is 0 Å². The Morgan fingerprint density at radius 2 is 0.690 bits per heavy atom. The van der Waals surface area contributed by atoms with Crippen LogP contribution in [0, 0.1) is 0 Å². The van der Waals surface area contributed by atoms with Gasteiger partial charge in [0.05, 0.1) is 24.3 Å². The van der Waals surface area contributed by atoms with E-state index in [1.807, 2.05) is 0 Å². The third-order valence-corrected chi connectivity index (χ3v) is 8.42. The fourth-order valence-electron chi connectivity index (χ4n) is 5.36. The molecule has 0 saturated heterocycles. The molecule has 0 fully saturated rings. The summed E-state index contributed by atoms with van der Waals surface area (Å²) in [6.07, 6.45) is 30.3. The molecule has 0 radical (unpaired) electrons. The molecule has 0 spiro atoms. The second-order valence-electron chi connectivity index (χ2n) is 11.9. The van der Waals surface area contributed by atoms with Gasteiger partial charge in [-0.1, -0.05) is 155 Å². The van der Waals surface area contributed by atoms with Crippen LogP contribution in [0.1, 0.15) is 189 Å². The Kier molecular flexibility index (Phi) is 25.2. The zero-order chi connectivity index (χ0) is 30.7. The molecule has 242 valence electrons. The molecule has 0 atom stereocenters. The summed E-state index contributed by atoms with van der Waals surface area (Å²) >= 11 is 11.7. The van der Waals surface area contributed by atoms with E-state index in [0.29, 0.717) is 24.7 Å². The lowest BCUT2D eigenvalue weighted by atomic mass is 10.1. The average molecular weight is 628 g/mol. The molecule has 0 aromatic heterocycles. The van der Waals surface area contributed by atoms with E-state index in [1.54, 1.807) is 0 Å². The lowest BCUT2D eigenvalue weighted by molar-refractivity contribution is 0.106. The summed E-state index contributed by atoms with van der Waals surface area (Å²) in [4.78, 5) is 24.3. The highest BCUT2D eigenvalue weighted by atomic mass is 35.5. The molecule has 0 aliphatic rings. The Morgan fingerprint density at radius 3 is 0.929 bits per heavy atom. The van der Waals surface area contributed by atoms with Crippen molar-refractivity contribution >= 4 is 33.7 Å². The molecule has 42 heavy (non-hydrogen) atoms. The van der Waals surface area contributed by atoms with Crippen LogP contribution in [-0.4, -0.2) is 23.7 Å². The molecule has 0 aliphatic heterocycles. The first-order valence-corrected chi connectivity index (χ1v) is 18.1. The summed E-state index contributed by atoms with van der Waals surface area (Å²) in [6.45, 7) is 5.44. The van der Waals surface area contributed by atoms with E-state index in [4.69, 9.17) is 32.7 Å². The number of rotatable bonds is 30. The summed E-state index contributed by atoms with van der Waals surface area (Å²) in [7, 11) is 0. The molecule has 1 rings (SSSR count). The lowest BCUT2D eigenvalue weighted by Gasteiger charge is -2.15. The van der Waals surface area contributed by atoms with Crippen LogP contribution in [0.15, 0.2) is 12.1 Å². The summed E-state index contributed by atoms with van der Waals surface area (Å²) < 4.78 is 11.8. The van der Waals surface area contributed by atoms with E-state index in [0.717, 1.165) is 25.7 Å². The highest BCUT2D eigenvalue weighted by Crippen LogP contribution is 2.32. The van der Waals surface area contributed by atoms with Crippen LogP contribution in [0.4, 0.5) is 0 Å². The van der Waals surface area contributed by atoms with Crippen molar-refractivity contribution in [2.24, 2.45) is 0 Å². The minimum Gasteiger partial charge on any atom is -0.493 e. The van der Waals surface area contributed by atoms with Crippen molar-refractivity contribution in [2.45, 2.75) is 168 Å². The standard InChI is InChI=1S/C36H60Cl2O4/c1-3-5-7-9-11-13-15-17-19-21-23-25-27-41-33-29-32(36(38)40)34(30-31(33)35(37)39)42-28-26-24-22-20-18-16-14-12-10-8-6-4-2/h29-30H,3-28H2,1-2H3. The molecule has 0 bridgehead atoms. The van der Waals surface area contributed by atoms with E-state index in [9.17, 15) is 9.59 Å². The number of carbonyl (C=O) groups excluding carboxylic acids is 2. The zero-order valence-corrected chi connectivity index (χ0v) is 28.4. The average Bonchev–Trinajstić information content (AvgIpc) is 2.97. The zero-order valence-electron chi connectivity index (χ0n) is 26.9. The van der Waals surface area contributed by atoms with Gasteiger partial charge in [-0.25, -0.2) is 0 Å². The highest BCUT2D eigenvalue weighted by molar-refractivity contribution is 6.69. The van der Waals surface area contributed by atoms with Crippen molar-refractivity contribution in [1.29, 1.82) is 0 Å². The fourth-order valence-corrected chi connectivity index (χ4v) is 5.65. The first kappa shape index (κ1) is 38.8. The number of hydrogen-bond donors (Lipinski definition) is 0. The normalized spacial score (nSPS) is 11.1. The summed E-state index contributed by atoms with van der Waals surface area (Å²) in [5.41, 5.74) is 0.420. The number of unbranched alkanes of at least 4 members (excludes halogenated alkanes) is 22. The molecule has 0 saturated carbocycles. The second-order valence-corrected chi connectivity index (χ2v) is 12.6. The highest BCUT2D eigenvalue weighted by Gasteiger charge is 2.20. The van der Waals surface area contributed by atoms with Gasteiger partial charge in [-0.05, 0) is 48.2 Å². The van der Waals surface area contributed by atoms with E-state index in [1.165, 1.54) is 141 Å². The predicted octanol–water partition coefficient (Wildman–Crippen LogP) is 12.6. The molecule has 1 aromatic carbocycles. The Bertz CT molecular complexity index is 759.